The SMILES string of the molecule is COc1cc(CCC(=O)CC2c3c(cc4c(c3OC)OCO4)CC[N+]2(C)C)ccc1C=O. The molecular formula is C25H30NO6+. The van der Waals surface area contributed by atoms with E-state index >= 15 is 0 Å². The lowest BCUT2D eigenvalue weighted by molar-refractivity contribution is -0.922. The van der Waals surface area contributed by atoms with Crippen molar-refractivity contribution >= 4 is 12.1 Å². The molecule has 0 saturated carbocycles. The van der Waals surface area contributed by atoms with E-state index in [0.29, 0.717) is 52.3 Å². The molecule has 7 nitrogen and oxygen atoms in total. The highest BCUT2D eigenvalue weighted by Crippen LogP contribution is 2.51. The van der Waals surface area contributed by atoms with Crippen LogP contribution in [-0.4, -0.2) is 58.2 Å². The second-order valence-electron chi connectivity index (χ2n) is 8.92. The number of hydrogen-bond acceptors (Lipinski definition) is 6. The molecule has 2 aromatic rings. The molecule has 2 aliphatic rings. The van der Waals surface area contributed by atoms with E-state index in [-0.39, 0.29) is 18.6 Å². The van der Waals surface area contributed by atoms with Crippen molar-refractivity contribution in [2.75, 3.05) is 41.7 Å². The van der Waals surface area contributed by atoms with Crippen LogP contribution in [-0.2, 0) is 17.6 Å². The first-order valence-corrected chi connectivity index (χ1v) is 10.8. The Morgan fingerprint density at radius 3 is 2.72 bits per heavy atom. The highest BCUT2D eigenvalue weighted by atomic mass is 16.7. The van der Waals surface area contributed by atoms with Gasteiger partial charge in [0.05, 0.1) is 52.4 Å². The zero-order valence-electron chi connectivity index (χ0n) is 19.1. The van der Waals surface area contributed by atoms with Gasteiger partial charge in [-0.1, -0.05) is 6.07 Å². The number of quaternary nitrogens is 1. The van der Waals surface area contributed by atoms with Gasteiger partial charge < -0.3 is 23.4 Å². The summed E-state index contributed by atoms with van der Waals surface area (Å²) in [4.78, 5) is 24.2. The summed E-state index contributed by atoms with van der Waals surface area (Å²) in [5.41, 5.74) is 3.69. The van der Waals surface area contributed by atoms with Crippen molar-refractivity contribution in [1.82, 2.24) is 0 Å². The summed E-state index contributed by atoms with van der Waals surface area (Å²) in [7, 11) is 7.50. The maximum Gasteiger partial charge on any atom is 0.231 e. The standard InChI is InChI=1S/C25H30NO6/c1-26(2)10-9-17-12-22-24(32-15-31-22)25(30-4)23(17)20(26)13-19(28)8-6-16-5-7-18(14-27)21(11-16)29-3/h5,7,11-12,14,20H,6,8-10,13,15H2,1-4H3/q+1. The van der Waals surface area contributed by atoms with Crippen molar-refractivity contribution in [2.45, 2.75) is 31.7 Å². The van der Waals surface area contributed by atoms with E-state index in [2.05, 4.69) is 14.1 Å². The Labute approximate surface area is 188 Å². The number of carbonyl (C=O) groups is 2. The van der Waals surface area contributed by atoms with Gasteiger partial charge in [-0.3, -0.25) is 9.59 Å². The van der Waals surface area contributed by atoms with Crippen LogP contribution in [0.3, 0.4) is 0 Å². The smallest absolute Gasteiger partial charge is 0.231 e. The van der Waals surface area contributed by atoms with Gasteiger partial charge in [0.15, 0.2) is 17.8 Å². The van der Waals surface area contributed by atoms with Gasteiger partial charge in [0, 0.05) is 12.8 Å². The molecule has 2 aromatic carbocycles. The Morgan fingerprint density at radius 1 is 1.19 bits per heavy atom. The summed E-state index contributed by atoms with van der Waals surface area (Å²) >= 11 is 0. The van der Waals surface area contributed by atoms with Gasteiger partial charge >= 0.3 is 0 Å². The summed E-state index contributed by atoms with van der Waals surface area (Å²) in [6.07, 6.45) is 3.09. The van der Waals surface area contributed by atoms with Gasteiger partial charge in [-0.25, -0.2) is 0 Å². The Balaban J connectivity index is 1.55. The lowest BCUT2D eigenvalue weighted by Crippen LogP contribution is -2.48. The Morgan fingerprint density at radius 2 is 2.00 bits per heavy atom. The predicted molar refractivity (Wildman–Crippen MR) is 119 cm³/mol. The summed E-state index contributed by atoms with van der Waals surface area (Å²) in [5, 5.41) is 0. The maximum atomic E-state index is 13.1. The van der Waals surface area contributed by atoms with Crippen LogP contribution in [0.4, 0.5) is 0 Å². The number of likely N-dealkylation sites (N-methyl/N-ethyl adjacent to an activating group) is 1. The normalized spacial score (nSPS) is 18.1. The molecule has 0 radical (unpaired) electrons. The fourth-order valence-electron chi connectivity index (χ4n) is 4.73. The number of nitrogens with zero attached hydrogens (tertiary/aromatic N) is 1. The molecule has 2 aliphatic heterocycles. The van der Waals surface area contributed by atoms with Gasteiger partial charge in [-0.15, -0.1) is 0 Å². The van der Waals surface area contributed by atoms with E-state index < -0.39 is 0 Å². The van der Waals surface area contributed by atoms with Crippen molar-refractivity contribution in [1.29, 1.82) is 0 Å². The van der Waals surface area contributed by atoms with Crippen LogP contribution < -0.4 is 18.9 Å². The maximum absolute atomic E-state index is 13.1. The first-order valence-electron chi connectivity index (χ1n) is 10.8. The molecule has 0 aliphatic carbocycles. The summed E-state index contributed by atoms with van der Waals surface area (Å²) < 4.78 is 23.0. The lowest BCUT2D eigenvalue weighted by atomic mass is 9.86. The average Bonchev–Trinajstić information content (AvgIpc) is 3.26. The summed E-state index contributed by atoms with van der Waals surface area (Å²) in [6, 6.07) is 7.45. The number of benzene rings is 2. The van der Waals surface area contributed by atoms with Crippen molar-refractivity contribution in [3.8, 4) is 23.0 Å². The van der Waals surface area contributed by atoms with Crippen LogP contribution in [0.1, 0.15) is 45.9 Å². The topological polar surface area (TPSA) is 71.1 Å². The number of ether oxygens (including phenoxy) is 4. The number of hydrogen-bond donors (Lipinski definition) is 0. The molecule has 32 heavy (non-hydrogen) atoms. The van der Waals surface area contributed by atoms with Gasteiger partial charge in [-0.05, 0) is 35.7 Å². The van der Waals surface area contributed by atoms with Gasteiger partial charge in [0.1, 0.15) is 17.6 Å². The number of methoxy groups -OCH3 is 2. The summed E-state index contributed by atoms with van der Waals surface area (Å²) in [6.45, 7) is 1.11. The molecule has 0 saturated heterocycles. The molecule has 170 valence electrons. The molecule has 1 unspecified atom stereocenters. The lowest BCUT2D eigenvalue weighted by Gasteiger charge is -2.43. The van der Waals surface area contributed by atoms with Gasteiger partial charge in [0.2, 0.25) is 12.5 Å². The number of Topliss-reactive ketones (excluding diaryl/α,β-unsaturated/α-hetero) is 1. The van der Waals surface area contributed by atoms with Crippen LogP contribution in [0.15, 0.2) is 24.3 Å². The number of ketones is 1. The van der Waals surface area contributed by atoms with Gasteiger partial charge in [-0.2, -0.15) is 0 Å². The molecule has 0 bridgehead atoms. The second kappa shape index (κ2) is 8.82. The van der Waals surface area contributed by atoms with E-state index in [9.17, 15) is 9.59 Å². The Bertz CT molecular complexity index is 1050. The molecule has 0 fully saturated rings. The Hall–Kier alpha value is -3.06. The van der Waals surface area contributed by atoms with Crippen LogP contribution in [0.2, 0.25) is 0 Å². The number of fused-ring (bicyclic) bond motifs is 2. The fraction of sp³-hybridized carbons (Fsp3) is 0.440. The van der Waals surface area contributed by atoms with E-state index in [0.717, 1.165) is 35.9 Å². The molecule has 0 aromatic heterocycles. The van der Waals surface area contributed by atoms with Crippen molar-refractivity contribution < 1.29 is 33.0 Å². The quantitative estimate of drug-likeness (QED) is 0.462. The van der Waals surface area contributed by atoms with E-state index in [1.807, 2.05) is 18.2 Å². The number of aldehydes is 1. The summed E-state index contributed by atoms with van der Waals surface area (Å²) in [5.74, 6) is 2.75. The molecule has 2 heterocycles. The molecule has 4 rings (SSSR count). The minimum absolute atomic E-state index is 0.0253. The van der Waals surface area contributed by atoms with Crippen molar-refractivity contribution in [2.24, 2.45) is 0 Å². The van der Waals surface area contributed by atoms with E-state index in [1.165, 1.54) is 7.11 Å². The molecular weight excluding hydrogens is 410 g/mol. The molecule has 7 heteroatoms. The predicted octanol–water partition coefficient (Wildman–Crippen LogP) is 3.51. The minimum Gasteiger partial charge on any atom is -0.496 e. The second-order valence-corrected chi connectivity index (χ2v) is 8.92. The van der Waals surface area contributed by atoms with Crippen LogP contribution >= 0.6 is 0 Å². The number of rotatable bonds is 8. The highest BCUT2D eigenvalue weighted by molar-refractivity contribution is 5.81. The monoisotopic (exact) mass is 440 g/mol. The largest absolute Gasteiger partial charge is 0.496 e. The van der Waals surface area contributed by atoms with Crippen LogP contribution in [0.5, 0.6) is 23.0 Å². The molecule has 0 amide bonds. The van der Waals surface area contributed by atoms with Gasteiger partial charge in [0.25, 0.3) is 0 Å². The van der Waals surface area contributed by atoms with E-state index in [4.69, 9.17) is 18.9 Å². The van der Waals surface area contributed by atoms with Crippen LogP contribution in [0.25, 0.3) is 0 Å². The van der Waals surface area contributed by atoms with Crippen molar-refractivity contribution in [3.63, 3.8) is 0 Å². The zero-order chi connectivity index (χ0) is 22.9. The minimum atomic E-state index is -0.0253. The average molecular weight is 441 g/mol. The van der Waals surface area contributed by atoms with Crippen LogP contribution in [0, 0.1) is 0 Å². The Kier molecular flexibility index (Phi) is 6.11. The molecule has 0 spiro atoms. The highest BCUT2D eigenvalue weighted by Gasteiger charge is 2.42. The molecule has 1 atom stereocenters. The third-order valence-electron chi connectivity index (χ3n) is 6.62. The number of aryl methyl sites for hydroxylation is 1. The first-order chi connectivity index (χ1) is 15.4. The first kappa shape index (κ1) is 22.1. The third kappa shape index (κ3) is 4.05. The fourth-order valence-corrected chi connectivity index (χ4v) is 4.73. The zero-order valence-corrected chi connectivity index (χ0v) is 19.1. The number of carbonyl (C=O) groups excluding carboxylic acids is 2. The molecule has 0 N–H and O–H groups in total. The van der Waals surface area contributed by atoms with E-state index in [1.54, 1.807) is 13.2 Å². The van der Waals surface area contributed by atoms with Crippen molar-refractivity contribution in [3.05, 3.63) is 46.5 Å². The third-order valence-corrected chi connectivity index (χ3v) is 6.62.